The van der Waals surface area contributed by atoms with E-state index in [1.165, 1.54) is 24.1 Å². The number of benzene rings is 1. The minimum absolute atomic E-state index is 0.185. The monoisotopic (exact) mass is 352 g/mol. The van der Waals surface area contributed by atoms with Crippen LogP contribution in [0.4, 0.5) is 13.6 Å². The molecule has 0 spiro atoms. The van der Waals surface area contributed by atoms with E-state index in [-0.39, 0.29) is 12.1 Å². The van der Waals surface area contributed by atoms with Crippen LogP contribution >= 0.6 is 0 Å². The van der Waals surface area contributed by atoms with Gasteiger partial charge in [0, 0.05) is 30.4 Å². The minimum atomic E-state index is -0.702. The van der Waals surface area contributed by atoms with Crippen LogP contribution in [0, 0.1) is 11.6 Å². The average molecular weight is 352 g/mol. The van der Waals surface area contributed by atoms with Gasteiger partial charge in [0.1, 0.15) is 23.0 Å². The van der Waals surface area contributed by atoms with Crippen molar-refractivity contribution in [2.24, 2.45) is 0 Å². The summed E-state index contributed by atoms with van der Waals surface area (Å²) in [5.74, 6) is -0.968. The molecule has 25 heavy (non-hydrogen) atoms. The number of aromatic nitrogens is 1. The van der Waals surface area contributed by atoms with Crippen LogP contribution in [-0.2, 0) is 11.3 Å². The molecule has 0 radical (unpaired) electrons. The number of amides is 1. The molecule has 5 nitrogen and oxygen atoms in total. The highest BCUT2D eigenvalue weighted by Gasteiger charge is 2.23. The van der Waals surface area contributed by atoms with Gasteiger partial charge in [0.05, 0.1) is 19.3 Å². The molecule has 0 bridgehead atoms. The number of hydrogen-bond acceptors (Lipinski definition) is 3. The molecule has 0 atom stereocenters. The molecule has 7 heteroatoms. The Morgan fingerprint density at radius 2 is 1.96 bits per heavy atom. The maximum atomic E-state index is 14.0. The topological polar surface area (TPSA) is 54.6 Å². The molecule has 1 aromatic heterocycles. The third-order valence-corrected chi connectivity index (χ3v) is 3.43. The SMILES string of the molecule is COc1c(CN(C)C(=O)OC(C)(C)C)c[nH]c1-c1ccc(F)cc1F. The number of H-pyrrole nitrogens is 1. The summed E-state index contributed by atoms with van der Waals surface area (Å²) in [6, 6.07) is 3.31. The number of hydrogen-bond donors (Lipinski definition) is 1. The maximum Gasteiger partial charge on any atom is 0.410 e. The fourth-order valence-electron chi connectivity index (χ4n) is 2.35. The highest BCUT2D eigenvalue weighted by atomic mass is 19.1. The summed E-state index contributed by atoms with van der Waals surface area (Å²) in [4.78, 5) is 16.4. The molecule has 0 fully saturated rings. The van der Waals surface area contributed by atoms with E-state index >= 15 is 0 Å². The Hall–Kier alpha value is -2.57. The van der Waals surface area contributed by atoms with Crippen molar-refractivity contribution in [3.63, 3.8) is 0 Å². The first-order valence-corrected chi connectivity index (χ1v) is 7.76. The first-order chi connectivity index (χ1) is 11.6. The standard InChI is InChI=1S/C18H22F2N2O3/c1-18(2,3)25-17(23)22(4)10-11-9-21-15(16(11)24-5)13-7-6-12(19)8-14(13)20/h6-9,21H,10H2,1-5H3. The molecule has 0 aliphatic rings. The molecule has 1 N–H and O–H groups in total. The zero-order chi connectivity index (χ0) is 18.8. The summed E-state index contributed by atoms with van der Waals surface area (Å²) in [7, 11) is 3.05. The van der Waals surface area contributed by atoms with Crippen LogP contribution in [0.3, 0.4) is 0 Å². The molecule has 1 aromatic carbocycles. The Kier molecular flexibility index (Phi) is 5.35. The molecule has 136 valence electrons. The van der Waals surface area contributed by atoms with E-state index < -0.39 is 23.3 Å². The van der Waals surface area contributed by atoms with E-state index in [9.17, 15) is 13.6 Å². The zero-order valence-corrected chi connectivity index (χ0v) is 14.9. The van der Waals surface area contributed by atoms with Crippen LogP contribution in [0.15, 0.2) is 24.4 Å². The molecule has 0 saturated carbocycles. The van der Waals surface area contributed by atoms with Gasteiger partial charge >= 0.3 is 6.09 Å². The average Bonchev–Trinajstić information content (AvgIpc) is 2.87. The predicted octanol–water partition coefficient (Wildman–Crippen LogP) is 4.34. The Morgan fingerprint density at radius 3 is 2.52 bits per heavy atom. The van der Waals surface area contributed by atoms with Crippen molar-refractivity contribution < 1.29 is 23.0 Å². The third kappa shape index (κ3) is 4.49. The second-order valence-corrected chi connectivity index (χ2v) is 6.68. The van der Waals surface area contributed by atoms with Crippen LogP contribution in [0.25, 0.3) is 11.3 Å². The first-order valence-electron chi connectivity index (χ1n) is 7.76. The number of nitrogens with one attached hydrogen (secondary N) is 1. The van der Waals surface area contributed by atoms with Crippen LogP contribution in [0.1, 0.15) is 26.3 Å². The van der Waals surface area contributed by atoms with E-state index in [1.807, 2.05) is 0 Å². The Bertz CT molecular complexity index is 766. The molecule has 2 aromatic rings. The van der Waals surface area contributed by atoms with Gasteiger partial charge in [-0.15, -0.1) is 0 Å². The number of methoxy groups -OCH3 is 1. The van der Waals surface area contributed by atoms with Gasteiger partial charge in [-0.2, -0.15) is 0 Å². The third-order valence-electron chi connectivity index (χ3n) is 3.43. The number of aromatic amines is 1. The van der Waals surface area contributed by atoms with Crippen molar-refractivity contribution in [1.82, 2.24) is 9.88 Å². The second-order valence-electron chi connectivity index (χ2n) is 6.68. The lowest BCUT2D eigenvalue weighted by Crippen LogP contribution is -2.33. The summed E-state index contributed by atoms with van der Waals surface area (Å²) >= 11 is 0. The quantitative estimate of drug-likeness (QED) is 0.891. The molecule has 1 amide bonds. The van der Waals surface area contributed by atoms with Crippen molar-refractivity contribution in [1.29, 1.82) is 0 Å². The van der Waals surface area contributed by atoms with Crippen LogP contribution in [0.5, 0.6) is 5.75 Å². The molecule has 0 aliphatic carbocycles. The van der Waals surface area contributed by atoms with Crippen molar-refractivity contribution in [3.8, 4) is 17.0 Å². The number of carbonyl (C=O) groups excluding carboxylic acids is 1. The molecular weight excluding hydrogens is 330 g/mol. The second kappa shape index (κ2) is 7.13. The summed E-state index contributed by atoms with van der Waals surface area (Å²) in [5.41, 5.74) is 0.613. The lowest BCUT2D eigenvalue weighted by atomic mass is 10.1. The maximum absolute atomic E-state index is 14.0. The van der Waals surface area contributed by atoms with Gasteiger partial charge in [-0.3, -0.25) is 0 Å². The fourth-order valence-corrected chi connectivity index (χ4v) is 2.35. The summed E-state index contributed by atoms with van der Waals surface area (Å²) < 4.78 is 37.8. The van der Waals surface area contributed by atoms with Gasteiger partial charge < -0.3 is 19.4 Å². The Morgan fingerprint density at radius 1 is 1.28 bits per heavy atom. The molecule has 2 rings (SSSR count). The highest BCUT2D eigenvalue weighted by molar-refractivity contribution is 5.71. The lowest BCUT2D eigenvalue weighted by Gasteiger charge is -2.24. The zero-order valence-electron chi connectivity index (χ0n) is 14.9. The largest absolute Gasteiger partial charge is 0.494 e. The van der Waals surface area contributed by atoms with Crippen molar-refractivity contribution in [3.05, 3.63) is 41.6 Å². The van der Waals surface area contributed by atoms with Crippen LogP contribution < -0.4 is 4.74 Å². The summed E-state index contributed by atoms with van der Waals surface area (Å²) in [6.45, 7) is 5.55. The van der Waals surface area contributed by atoms with E-state index in [4.69, 9.17) is 9.47 Å². The summed E-state index contributed by atoms with van der Waals surface area (Å²) in [5, 5.41) is 0. The van der Waals surface area contributed by atoms with Gasteiger partial charge in [0.2, 0.25) is 0 Å². The van der Waals surface area contributed by atoms with E-state index in [0.29, 0.717) is 17.0 Å². The lowest BCUT2D eigenvalue weighted by molar-refractivity contribution is 0.0284. The van der Waals surface area contributed by atoms with Crippen molar-refractivity contribution in [2.75, 3.05) is 14.2 Å². The highest BCUT2D eigenvalue weighted by Crippen LogP contribution is 2.34. The van der Waals surface area contributed by atoms with E-state index in [0.717, 1.165) is 6.07 Å². The van der Waals surface area contributed by atoms with E-state index in [1.54, 1.807) is 34.0 Å². The molecule has 1 heterocycles. The number of halogens is 2. The van der Waals surface area contributed by atoms with Crippen molar-refractivity contribution >= 4 is 6.09 Å². The fraction of sp³-hybridized carbons (Fsp3) is 0.389. The molecular formula is C18H22F2N2O3. The van der Waals surface area contributed by atoms with Gasteiger partial charge in [-0.1, -0.05) is 0 Å². The Labute approximate surface area is 145 Å². The minimum Gasteiger partial charge on any atom is -0.494 e. The van der Waals surface area contributed by atoms with Gasteiger partial charge in [0.25, 0.3) is 0 Å². The van der Waals surface area contributed by atoms with Gasteiger partial charge in [-0.25, -0.2) is 13.6 Å². The van der Waals surface area contributed by atoms with Gasteiger partial charge in [-0.05, 0) is 32.9 Å². The number of nitrogens with zero attached hydrogens (tertiary/aromatic N) is 1. The summed E-state index contributed by atoms with van der Waals surface area (Å²) in [6.07, 6.45) is 1.14. The molecule has 0 aliphatic heterocycles. The first kappa shape index (κ1) is 18.8. The predicted molar refractivity (Wildman–Crippen MR) is 90.4 cm³/mol. The Balaban J connectivity index is 2.26. The van der Waals surface area contributed by atoms with Crippen molar-refractivity contribution in [2.45, 2.75) is 32.9 Å². The van der Waals surface area contributed by atoms with E-state index in [2.05, 4.69) is 4.98 Å². The molecule has 0 unspecified atom stereocenters. The number of rotatable bonds is 4. The number of carbonyl (C=O) groups is 1. The molecule has 0 saturated heterocycles. The smallest absolute Gasteiger partial charge is 0.410 e. The van der Waals surface area contributed by atoms with Crippen LogP contribution in [0.2, 0.25) is 0 Å². The van der Waals surface area contributed by atoms with Crippen LogP contribution in [-0.4, -0.2) is 35.7 Å². The number of ether oxygens (including phenoxy) is 2. The van der Waals surface area contributed by atoms with Gasteiger partial charge in [0.15, 0.2) is 0 Å². The normalized spacial score (nSPS) is 11.3.